The van der Waals surface area contributed by atoms with Gasteiger partial charge in [0.2, 0.25) is 0 Å². The third-order valence-electron chi connectivity index (χ3n) is 7.00. The van der Waals surface area contributed by atoms with Crippen LogP contribution in [0.3, 0.4) is 0 Å². The summed E-state index contributed by atoms with van der Waals surface area (Å²) in [6.45, 7) is 22.0. The molecule has 0 aromatic heterocycles. The number of rotatable bonds is 9. The molecule has 2 rings (SSSR count). The molecule has 0 bridgehead atoms. The minimum absolute atomic E-state index is 0.258. The Morgan fingerprint density at radius 2 is 1.88 bits per heavy atom. The SMILES string of the molecule is C=C(C)CN(CCC)CCC1COC2(CCC(C(C)(C)C(C)C)CC2)O1. The molecule has 0 aromatic carbocycles. The molecule has 1 aliphatic heterocycles. The van der Waals surface area contributed by atoms with E-state index in [4.69, 9.17) is 9.47 Å². The van der Waals surface area contributed by atoms with E-state index in [9.17, 15) is 0 Å². The van der Waals surface area contributed by atoms with Crippen molar-refractivity contribution in [3.63, 3.8) is 0 Å². The van der Waals surface area contributed by atoms with Crippen molar-refractivity contribution < 1.29 is 9.47 Å². The van der Waals surface area contributed by atoms with E-state index < -0.39 is 0 Å². The second-order valence-electron chi connectivity index (χ2n) is 9.73. The first-order valence-electron chi connectivity index (χ1n) is 10.9. The molecular weight excluding hydrogens is 322 g/mol. The lowest BCUT2D eigenvalue weighted by molar-refractivity contribution is -0.198. The molecule has 3 heteroatoms. The largest absolute Gasteiger partial charge is 0.347 e. The van der Waals surface area contributed by atoms with Gasteiger partial charge in [-0.15, -0.1) is 0 Å². The van der Waals surface area contributed by atoms with E-state index in [1.807, 2.05) is 0 Å². The van der Waals surface area contributed by atoms with Crippen LogP contribution in [-0.2, 0) is 9.47 Å². The van der Waals surface area contributed by atoms with Crippen LogP contribution in [0.5, 0.6) is 0 Å². The predicted molar refractivity (Wildman–Crippen MR) is 110 cm³/mol. The van der Waals surface area contributed by atoms with Crippen LogP contribution in [-0.4, -0.2) is 43.0 Å². The molecule has 0 amide bonds. The van der Waals surface area contributed by atoms with Crippen LogP contribution in [0.1, 0.15) is 80.1 Å². The molecule has 1 unspecified atom stereocenters. The zero-order chi connectivity index (χ0) is 19.4. The molecule has 0 N–H and O–H groups in total. The molecule has 3 nitrogen and oxygen atoms in total. The fourth-order valence-electron chi connectivity index (χ4n) is 4.59. The van der Waals surface area contributed by atoms with Gasteiger partial charge in [0.1, 0.15) is 0 Å². The van der Waals surface area contributed by atoms with E-state index in [1.165, 1.54) is 24.8 Å². The van der Waals surface area contributed by atoms with Crippen LogP contribution in [0.2, 0.25) is 0 Å². The minimum atomic E-state index is -0.280. The van der Waals surface area contributed by atoms with Crippen molar-refractivity contribution in [2.75, 3.05) is 26.2 Å². The summed E-state index contributed by atoms with van der Waals surface area (Å²) >= 11 is 0. The van der Waals surface area contributed by atoms with Gasteiger partial charge in [0.25, 0.3) is 0 Å². The zero-order valence-electron chi connectivity index (χ0n) is 18.3. The van der Waals surface area contributed by atoms with Crippen LogP contribution < -0.4 is 0 Å². The number of hydrogen-bond donors (Lipinski definition) is 0. The highest BCUT2D eigenvalue weighted by Crippen LogP contribution is 2.48. The molecule has 1 spiro atoms. The Morgan fingerprint density at radius 3 is 2.42 bits per heavy atom. The van der Waals surface area contributed by atoms with Crippen molar-refractivity contribution in [1.29, 1.82) is 0 Å². The molecule has 1 saturated heterocycles. The van der Waals surface area contributed by atoms with Crippen LogP contribution in [0.15, 0.2) is 12.2 Å². The summed E-state index contributed by atoms with van der Waals surface area (Å²) in [5.74, 6) is 1.23. The summed E-state index contributed by atoms with van der Waals surface area (Å²) in [5, 5.41) is 0. The van der Waals surface area contributed by atoms with Gasteiger partial charge in [0.15, 0.2) is 5.79 Å². The Bertz CT molecular complexity index is 449. The maximum atomic E-state index is 6.47. The summed E-state index contributed by atoms with van der Waals surface area (Å²) in [7, 11) is 0. The summed E-state index contributed by atoms with van der Waals surface area (Å²) in [4.78, 5) is 2.50. The van der Waals surface area contributed by atoms with Crippen LogP contribution in [0.25, 0.3) is 0 Å². The van der Waals surface area contributed by atoms with Crippen LogP contribution in [0.4, 0.5) is 0 Å². The van der Waals surface area contributed by atoms with Crippen molar-refractivity contribution in [1.82, 2.24) is 4.90 Å². The highest BCUT2D eigenvalue weighted by atomic mass is 16.7. The van der Waals surface area contributed by atoms with Gasteiger partial charge in [-0.2, -0.15) is 0 Å². The molecule has 2 fully saturated rings. The fourth-order valence-corrected chi connectivity index (χ4v) is 4.59. The van der Waals surface area contributed by atoms with E-state index in [-0.39, 0.29) is 11.9 Å². The average Bonchev–Trinajstić information content (AvgIpc) is 2.95. The second kappa shape index (κ2) is 9.21. The Morgan fingerprint density at radius 1 is 1.23 bits per heavy atom. The van der Waals surface area contributed by atoms with Crippen molar-refractivity contribution in [2.24, 2.45) is 17.3 Å². The van der Waals surface area contributed by atoms with Gasteiger partial charge in [-0.05, 0) is 56.4 Å². The van der Waals surface area contributed by atoms with Gasteiger partial charge < -0.3 is 9.47 Å². The molecule has 1 saturated carbocycles. The third kappa shape index (κ3) is 5.56. The summed E-state index contributed by atoms with van der Waals surface area (Å²) in [6, 6.07) is 0. The topological polar surface area (TPSA) is 21.7 Å². The number of nitrogens with zero attached hydrogens (tertiary/aromatic N) is 1. The van der Waals surface area contributed by atoms with Crippen LogP contribution in [0, 0.1) is 17.3 Å². The van der Waals surface area contributed by atoms with Gasteiger partial charge in [-0.25, -0.2) is 0 Å². The lowest BCUT2D eigenvalue weighted by Gasteiger charge is -2.44. The van der Waals surface area contributed by atoms with Crippen LogP contribution >= 0.6 is 0 Å². The molecule has 1 aliphatic carbocycles. The highest BCUT2D eigenvalue weighted by Gasteiger charge is 2.47. The molecule has 1 atom stereocenters. The maximum absolute atomic E-state index is 6.47. The first kappa shape index (κ1) is 21.9. The fraction of sp³-hybridized carbons (Fsp3) is 0.913. The summed E-state index contributed by atoms with van der Waals surface area (Å²) in [5.41, 5.74) is 1.65. The van der Waals surface area contributed by atoms with Gasteiger partial charge in [-0.3, -0.25) is 4.90 Å². The zero-order valence-corrected chi connectivity index (χ0v) is 18.3. The lowest BCUT2D eigenvalue weighted by Crippen LogP contribution is -2.41. The van der Waals surface area contributed by atoms with E-state index in [0.717, 1.165) is 57.3 Å². The molecule has 152 valence electrons. The minimum Gasteiger partial charge on any atom is -0.347 e. The number of hydrogen-bond acceptors (Lipinski definition) is 3. The first-order valence-corrected chi connectivity index (χ1v) is 10.9. The van der Waals surface area contributed by atoms with Crippen molar-refractivity contribution >= 4 is 0 Å². The molecule has 0 radical (unpaired) electrons. The van der Waals surface area contributed by atoms with Gasteiger partial charge in [-0.1, -0.05) is 46.8 Å². The second-order valence-corrected chi connectivity index (χ2v) is 9.73. The molecule has 1 heterocycles. The van der Waals surface area contributed by atoms with E-state index >= 15 is 0 Å². The van der Waals surface area contributed by atoms with Gasteiger partial charge in [0.05, 0.1) is 12.7 Å². The summed E-state index contributed by atoms with van der Waals surface area (Å²) < 4.78 is 12.7. The van der Waals surface area contributed by atoms with Crippen molar-refractivity contribution in [3.8, 4) is 0 Å². The van der Waals surface area contributed by atoms with E-state index in [2.05, 4.69) is 53.0 Å². The highest BCUT2D eigenvalue weighted by molar-refractivity contribution is 4.93. The smallest absolute Gasteiger partial charge is 0.168 e. The maximum Gasteiger partial charge on any atom is 0.168 e. The van der Waals surface area contributed by atoms with E-state index in [0.29, 0.717) is 5.41 Å². The quantitative estimate of drug-likeness (QED) is 0.493. The predicted octanol–water partition coefficient (Wildman–Crippen LogP) is 5.65. The Labute approximate surface area is 162 Å². The van der Waals surface area contributed by atoms with Crippen molar-refractivity contribution in [3.05, 3.63) is 12.2 Å². The van der Waals surface area contributed by atoms with E-state index in [1.54, 1.807) is 0 Å². The summed E-state index contributed by atoms with van der Waals surface area (Å²) in [6.07, 6.45) is 7.10. The third-order valence-corrected chi connectivity index (χ3v) is 7.00. The average molecular weight is 366 g/mol. The molecule has 0 aromatic rings. The Hall–Kier alpha value is -0.380. The lowest BCUT2D eigenvalue weighted by atomic mass is 9.64. The molecule has 2 aliphatic rings. The van der Waals surface area contributed by atoms with Crippen molar-refractivity contribution in [2.45, 2.75) is 92.0 Å². The monoisotopic (exact) mass is 365 g/mol. The standard InChI is InChI=1S/C23H43NO2/c1-8-14-24(16-18(2)3)15-11-21-17-25-23(26-21)12-9-20(10-13-23)22(6,7)19(4)5/h19-21H,2,8-17H2,1,3-7H3. The Balaban J connectivity index is 1.80. The molecule has 26 heavy (non-hydrogen) atoms. The normalized spacial score (nSPS) is 29.8. The first-order chi connectivity index (χ1) is 12.2. The Kier molecular flexibility index (Phi) is 7.76. The molecular formula is C23H43NO2. The number of ether oxygens (including phenoxy) is 2. The van der Waals surface area contributed by atoms with Gasteiger partial charge >= 0.3 is 0 Å². The van der Waals surface area contributed by atoms with Gasteiger partial charge in [0, 0.05) is 25.9 Å².